The Labute approximate surface area is 157 Å². The predicted octanol–water partition coefficient (Wildman–Crippen LogP) is 1.65. The molecule has 1 aromatic heterocycles. The summed E-state index contributed by atoms with van der Waals surface area (Å²) in [6.45, 7) is 0.443. The van der Waals surface area contributed by atoms with Crippen LogP contribution < -0.4 is 9.46 Å². The molecule has 8 nitrogen and oxygen atoms in total. The lowest BCUT2D eigenvalue weighted by molar-refractivity contribution is -0.138. The molecule has 1 fully saturated rings. The van der Waals surface area contributed by atoms with Crippen LogP contribution >= 0.6 is 0 Å². The Morgan fingerprint density at radius 2 is 1.74 bits per heavy atom. The maximum atomic E-state index is 11.5. The number of imide groups is 1. The van der Waals surface area contributed by atoms with Crippen molar-refractivity contribution >= 4 is 27.5 Å². The van der Waals surface area contributed by atoms with E-state index in [0.717, 1.165) is 11.8 Å². The fraction of sp³-hybridized carbons (Fsp3) is 0.278. The number of carbonyl (C=O) groups excluding carboxylic acids is 2. The van der Waals surface area contributed by atoms with Crippen molar-refractivity contribution in [2.75, 3.05) is 24.1 Å². The molecule has 0 bridgehead atoms. The van der Waals surface area contributed by atoms with Gasteiger partial charge in [0.25, 0.3) is 0 Å². The second-order valence-corrected chi connectivity index (χ2v) is 7.87. The molecule has 2 aromatic rings. The minimum atomic E-state index is -3.31. The van der Waals surface area contributed by atoms with Crippen LogP contribution in [0.5, 0.6) is 5.75 Å². The molecule has 3 rings (SSSR count). The van der Waals surface area contributed by atoms with Crippen LogP contribution in [0, 0.1) is 0 Å². The van der Waals surface area contributed by atoms with Crippen molar-refractivity contribution < 1.29 is 22.7 Å². The molecule has 2 heterocycles. The highest BCUT2D eigenvalue weighted by Crippen LogP contribution is 2.22. The van der Waals surface area contributed by atoms with Gasteiger partial charge in [0.05, 0.1) is 24.7 Å². The summed E-state index contributed by atoms with van der Waals surface area (Å²) in [7, 11) is -3.31. The average molecular weight is 389 g/mol. The van der Waals surface area contributed by atoms with E-state index in [1.54, 1.807) is 42.6 Å². The zero-order valence-electron chi connectivity index (χ0n) is 14.7. The molecule has 1 aliphatic rings. The van der Waals surface area contributed by atoms with Gasteiger partial charge in [0.1, 0.15) is 12.4 Å². The van der Waals surface area contributed by atoms with E-state index < -0.39 is 10.0 Å². The molecular weight excluding hydrogens is 370 g/mol. The third-order valence-electron chi connectivity index (χ3n) is 3.96. The summed E-state index contributed by atoms with van der Waals surface area (Å²) < 4.78 is 30.4. The van der Waals surface area contributed by atoms with E-state index in [9.17, 15) is 18.0 Å². The van der Waals surface area contributed by atoms with Crippen molar-refractivity contribution in [2.45, 2.75) is 12.8 Å². The third-order valence-corrected chi connectivity index (χ3v) is 4.57. The van der Waals surface area contributed by atoms with Crippen molar-refractivity contribution in [3.05, 3.63) is 42.6 Å². The number of hydrogen-bond donors (Lipinski definition) is 1. The number of rotatable bonds is 7. The lowest BCUT2D eigenvalue weighted by Gasteiger charge is -2.14. The van der Waals surface area contributed by atoms with Gasteiger partial charge in [0.2, 0.25) is 21.8 Å². The summed E-state index contributed by atoms with van der Waals surface area (Å²) in [5.74, 6) is 0.213. The Kier molecular flexibility index (Phi) is 5.41. The fourth-order valence-corrected chi connectivity index (χ4v) is 3.25. The smallest absolute Gasteiger partial charge is 0.229 e. The number of ether oxygens (including phenoxy) is 1. The van der Waals surface area contributed by atoms with E-state index in [2.05, 4.69) is 9.71 Å². The van der Waals surface area contributed by atoms with Crippen LogP contribution in [-0.2, 0) is 19.6 Å². The molecule has 142 valence electrons. The van der Waals surface area contributed by atoms with E-state index >= 15 is 0 Å². The van der Waals surface area contributed by atoms with Crippen molar-refractivity contribution in [1.82, 2.24) is 9.88 Å². The second-order valence-electron chi connectivity index (χ2n) is 6.12. The van der Waals surface area contributed by atoms with Crippen LogP contribution in [-0.4, -0.2) is 49.5 Å². The largest absolute Gasteiger partial charge is 0.490 e. The molecular formula is C18H19N3O5S. The molecule has 0 radical (unpaired) electrons. The third kappa shape index (κ3) is 5.04. The van der Waals surface area contributed by atoms with Crippen LogP contribution in [0.4, 0.5) is 5.69 Å². The molecule has 2 amide bonds. The number of nitrogens with one attached hydrogen (secondary N) is 1. The van der Waals surface area contributed by atoms with Crippen LogP contribution in [0.25, 0.3) is 11.3 Å². The molecule has 1 saturated heterocycles. The Morgan fingerprint density at radius 1 is 1.07 bits per heavy atom. The monoisotopic (exact) mass is 389 g/mol. The first kappa shape index (κ1) is 18.8. The van der Waals surface area contributed by atoms with Crippen molar-refractivity contribution in [3.63, 3.8) is 0 Å². The van der Waals surface area contributed by atoms with E-state index in [-0.39, 0.29) is 37.8 Å². The molecule has 0 aliphatic carbocycles. The number of sulfonamides is 1. The maximum absolute atomic E-state index is 11.5. The highest BCUT2D eigenvalue weighted by Gasteiger charge is 2.28. The molecule has 1 N–H and O–H groups in total. The number of nitrogens with zero attached hydrogens (tertiary/aromatic N) is 2. The minimum Gasteiger partial charge on any atom is -0.490 e. The maximum Gasteiger partial charge on any atom is 0.229 e. The van der Waals surface area contributed by atoms with Crippen LogP contribution in [0.1, 0.15) is 12.8 Å². The van der Waals surface area contributed by atoms with E-state index in [4.69, 9.17) is 4.74 Å². The first-order valence-electron chi connectivity index (χ1n) is 8.32. The summed E-state index contributed by atoms with van der Waals surface area (Å²) in [5.41, 5.74) is 2.01. The topological polar surface area (TPSA) is 106 Å². The number of aromatic nitrogens is 1. The van der Waals surface area contributed by atoms with Crippen molar-refractivity contribution in [1.29, 1.82) is 0 Å². The second kappa shape index (κ2) is 7.75. The molecule has 0 unspecified atom stereocenters. The molecule has 0 atom stereocenters. The molecule has 0 saturated carbocycles. The van der Waals surface area contributed by atoms with Gasteiger partial charge in [-0.2, -0.15) is 0 Å². The summed E-state index contributed by atoms with van der Waals surface area (Å²) in [6.07, 6.45) is 3.20. The van der Waals surface area contributed by atoms with Gasteiger partial charge < -0.3 is 4.74 Å². The van der Waals surface area contributed by atoms with E-state index in [1.807, 2.05) is 0 Å². The standard InChI is InChI=1S/C18H19N3O5S/c1-27(24,25)20-14-4-2-13(3-5-14)16-7-6-15(12-19-16)26-11-10-21-17(22)8-9-18(21)23/h2-7,12,20H,8-11H2,1H3. The molecule has 27 heavy (non-hydrogen) atoms. The zero-order valence-corrected chi connectivity index (χ0v) is 15.5. The number of anilines is 1. The molecule has 1 aromatic carbocycles. The fourth-order valence-electron chi connectivity index (χ4n) is 2.69. The van der Waals surface area contributed by atoms with Gasteiger partial charge in [0, 0.05) is 24.1 Å². The lowest BCUT2D eigenvalue weighted by Crippen LogP contribution is -2.33. The normalized spacial score (nSPS) is 14.5. The van der Waals surface area contributed by atoms with E-state index in [0.29, 0.717) is 17.1 Å². The van der Waals surface area contributed by atoms with Crippen LogP contribution in [0.3, 0.4) is 0 Å². The Morgan fingerprint density at radius 3 is 2.30 bits per heavy atom. The van der Waals surface area contributed by atoms with Crippen LogP contribution in [0.2, 0.25) is 0 Å². The summed E-state index contributed by atoms with van der Waals surface area (Å²) in [4.78, 5) is 28.6. The Balaban J connectivity index is 1.57. The summed E-state index contributed by atoms with van der Waals surface area (Å²) in [6, 6.07) is 10.4. The Bertz CT molecular complexity index is 924. The van der Waals surface area contributed by atoms with Gasteiger partial charge in [-0.05, 0) is 24.3 Å². The predicted molar refractivity (Wildman–Crippen MR) is 99.6 cm³/mol. The number of amides is 2. The number of pyridine rings is 1. The molecule has 1 aliphatic heterocycles. The van der Waals surface area contributed by atoms with Gasteiger partial charge >= 0.3 is 0 Å². The highest BCUT2D eigenvalue weighted by molar-refractivity contribution is 7.92. The van der Waals surface area contributed by atoms with Gasteiger partial charge in [-0.25, -0.2) is 8.42 Å². The average Bonchev–Trinajstić information content (AvgIpc) is 2.94. The number of carbonyl (C=O) groups is 2. The van der Waals surface area contributed by atoms with Crippen LogP contribution in [0.15, 0.2) is 42.6 Å². The number of likely N-dealkylation sites (tertiary alicyclic amines) is 1. The summed E-state index contributed by atoms with van der Waals surface area (Å²) in [5, 5.41) is 0. The summed E-state index contributed by atoms with van der Waals surface area (Å²) >= 11 is 0. The quantitative estimate of drug-likeness (QED) is 0.722. The minimum absolute atomic E-state index is 0.161. The van der Waals surface area contributed by atoms with Crippen molar-refractivity contribution in [3.8, 4) is 17.0 Å². The van der Waals surface area contributed by atoms with E-state index in [1.165, 1.54) is 4.90 Å². The highest BCUT2D eigenvalue weighted by atomic mass is 32.2. The SMILES string of the molecule is CS(=O)(=O)Nc1ccc(-c2ccc(OCCN3C(=O)CCC3=O)cn2)cc1. The molecule has 9 heteroatoms. The number of benzene rings is 1. The lowest BCUT2D eigenvalue weighted by atomic mass is 10.1. The van der Waals surface area contributed by atoms with Gasteiger partial charge in [0.15, 0.2) is 0 Å². The first-order valence-corrected chi connectivity index (χ1v) is 10.2. The molecule has 0 spiro atoms. The van der Waals surface area contributed by atoms with Gasteiger partial charge in [-0.15, -0.1) is 0 Å². The first-order chi connectivity index (χ1) is 12.8. The Hall–Kier alpha value is -2.94. The number of hydrogen-bond acceptors (Lipinski definition) is 6. The van der Waals surface area contributed by atoms with Gasteiger partial charge in [-0.1, -0.05) is 12.1 Å². The zero-order chi connectivity index (χ0) is 19.4. The van der Waals surface area contributed by atoms with Gasteiger partial charge in [-0.3, -0.25) is 24.2 Å². The van der Waals surface area contributed by atoms with Crippen molar-refractivity contribution in [2.24, 2.45) is 0 Å².